The Balaban J connectivity index is 0.000000122. The third kappa shape index (κ3) is 7.71. The molecule has 0 aliphatic carbocycles. The Kier molecular flexibility index (Phi) is 10.8. The maximum absolute atomic E-state index is 2.32. The number of hydrogen-bond donors (Lipinski definition) is 0. The first kappa shape index (κ1) is 34.5. The second kappa shape index (κ2) is 15.9. The molecule has 0 nitrogen and oxygen atoms in total. The van der Waals surface area contributed by atoms with Gasteiger partial charge in [0.05, 0.1) is 0 Å². The van der Waals surface area contributed by atoms with Crippen molar-refractivity contribution < 1.29 is 24.2 Å². The summed E-state index contributed by atoms with van der Waals surface area (Å²) in [6.07, 6.45) is 2.22. The van der Waals surface area contributed by atoms with Crippen molar-refractivity contribution in [2.75, 3.05) is 0 Å². The summed E-state index contributed by atoms with van der Waals surface area (Å²) in [5, 5.41) is 10.8. The Morgan fingerprint density at radius 1 is 0.451 bits per heavy atom. The Hall–Kier alpha value is -4.97. The number of rotatable bonds is 5. The van der Waals surface area contributed by atoms with Crippen molar-refractivity contribution in [3.8, 4) is 11.1 Å². The molecule has 0 bridgehead atoms. The van der Waals surface area contributed by atoms with E-state index in [1.54, 1.807) is 0 Å². The van der Waals surface area contributed by atoms with Gasteiger partial charge in [0.2, 0.25) is 0 Å². The summed E-state index contributed by atoms with van der Waals surface area (Å²) in [6.45, 7) is 6.57. The molecule has 9 rings (SSSR count). The van der Waals surface area contributed by atoms with Crippen LogP contribution in [0.4, 0.5) is 0 Å². The van der Waals surface area contributed by atoms with Crippen molar-refractivity contribution in [2.24, 2.45) is 0 Å². The molecule has 0 N–H and O–H groups in total. The van der Waals surface area contributed by atoms with Gasteiger partial charge in [0, 0.05) is 0 Å². The fourth-order valence-electron chi connectivity index (χ4n) is 7.02. The standard InChI is InChI=1S/C20H15.C17H17.C13H10.Zr/c1-14-12-16-8-5-11-19(20(16)13-14)18-10-4-7-15-6-2-3-9-17(15)18;1-3-12-5-7-16-14(9-12)11-15-10-13(4-2)6-8-17(15)16;1-3-7-12(8-4-1)11-13-9-5-2-6-10-13;/h2-13H,1H3;5-11H,3-4H2,1-2H3;1-10H;/q2*-1;;+2. The van der Waals surface area contributed by atoms with Crippen molar-refractivity contribution >= 4 is 46.3 Å². The topological polar surface area (TPSA) is 0 Å². The Morgan fingerprint density at radius 2 is 0.961 bits per heavy atom. The van der Waals surface area contributed by atoms with Crippen molar-refractivity contribution in [1.29, 1.82) is 0 Å². The van der Waals surface area contributed by atoms with Crippen LogP contribution in [0.2, 0.25) is 0 Å². The first-order valence-corrected chi connectivity index (χ1v) is 19.2. The zero-order valence-electron chi connectivity index (χ0n) is 29.7. The molecule has 0 atom stereocenters. The van der Waals surface area contributed by atoms with E-state index in [9.17, 15) is 0 Å². The molecule has 0 aromatic heterocycles. The molecule has 9 aromatic carbocycles. The van der Waals surface area contributed by atoms with E-state index in [2.05, 4.69) is 197 Å². The predicted molar refractivity (Wildman–Crippen MR) is 219 cm³/mol. The summed E-state index contributed by atoms with van der Waals surface area (Å²) in [6, 6.07) is 63.3. The van der Waals surface area contributed by atoms with E-state index in [0.29, 0.717) is 0 Å². The van der Waals surface area contributed by atoms with Crippen LogP contribution in [0.1, 0.15) is 41.7 Å². The third-order valence-electron chi connectivity index (χ3n) is 9.75. The van der Waals surface area contributed by atoms with Crippen molar-refractivity contribution in [3.05, 3.63) is 204 Å². The molecule has 0 radical (unpaired) electrons. The first-order valence-electron chi connectivity index (χ1n) is 18.0. The average Bonchev–Trinajstić information content (AvgIpc) is 3.77. The van der Waals surface area contributed by atoms with Gasteiger partial charge in [-0.25, -0.2) is 0 Å². The van der Waals surface area contributed by atoms with Gasteiger partial charge in [0.25, 0.3) is 0 Å². The molecule has 51 heavy (non-hydrogen) atoms. The van der Waals surface area contributed by atoms with Crippen LogP contribution in [-0.4, -0.2) is 3.21 Å². The number of benzene rings is 7. The maximum atomic E-state index is 2.32. The molecule has 246 valence electrons. The van der Waals surface area contributed by atoms with E-state index in [1.165, 1.54) is 109 Å². The molecule has 1 heteroatoms. The summed E-state index contributed by atoms with van der Waals surface area (Å²) < 4.78 is 1.42. The second-order valence-electron chi connectivity index (χ2n) is 13.2. The quantitative estimate of drug-likeness (QED) is 0.155. The van der Waals surface area contributed by atoms with Gasteiger partial charge in [-0.3, -0.25) is 0 Å². The predicted octanol–water partition coefficient (Wildman–Crippen LogP) is 13.3. The second-order valence-corrected chi connectivity index (χ2v) is 14.4. The number of fused-ring (bicyclic) bond motifs is 5. The molecular weight excluding hydrogens is 692 g/mol. The summed E-state index contributed by atoms with van der Waals surface area (Å²) in [4.78, 5) is 0. The van der Waals surface area contributed by atoms with Gasteiger partial charge in [-0.2, -0.15) is 6.07 Å². The SMILES string of the molecule is CCc1ccc2c(c1)[cH-]c1cc(CC)ccc12.Cc1cc2c(-c3cccc4ccccc34)cccc2[cH-]1.[Zr+2]=[C](c1ccccc1)c1ccccc1. The molecule has 0 fully saturated rings. The molecule has 0 heterocycles. The normalized spacial score (nSPS) is 10.9. The fraction of sp³-hybridized carbons (Fsp3) is 0.100. The van der Waals surface area contributed by atoms with E-state index in [1.807, 2.05) is 0 Å². The minimum absolute atomic E-state index is 1.11. The van der Waals surface area contributed by atoms with E-state index in [0.717, 1.165) is 12.8 Å². The zero-order valence-corrected chi connectivity index (χ0v) is 32.1. The van der Waals surface area contributed by atoms with Gasteiger partial charge < -0.3 is 0 Å². The van der Waals surface area contributed by atoms with Crippen LogP contribution in [-0.2, 0) is 37.1 Å². The Morgan fingerprint density at radius 3 is 1.55 bits per heavy atom. The average molecular weight is 734 g/mol. The molecular formula is C50H42Zr. The molecule has 9 aromatic rings. The van der Waals surface area contributed by atoms with Crippen LogP contribution < -0.4 is 0 Å². The van der Waals surface area contributed by atoms with Gasteiger partial charge in [-0.15, -0.1) is 74.3 Å². The molecule has 0 spiro atoms. The summed E-state index contributed by atoms with van der Waals surface area (Å²) in [7, 11) is 0. The van der Waals surface area contributed by atoms with Crippen molar-refractivity contribution in [2.45, 2.75) is 33.6 Å². The van der Waals surface area contributed by atoms with Crippen LogP contribution in [0.25, 0.3) is 54.2 Å². The van der Waals surface area contributed by atoms with Crippen LogP contribution in [0.5, 0.6) is 0 Å². The van der Waals surface area contributed by atoms with Crippen LogP contribution in [0, 0.1) is 6.92 Å². The van der Waals surface area contributed by atoms with Crippen LogP contribution in [0.15, 0.2) is 176 Å². The molecule has 0 aliphatic heterocycles. The van der Waals surface area contributed by atoms with Gasteiger partial charge >= 0.3 is 99.2 Å². The molecule has 0 unspecified atom stereocenters. The van der Waals surface area contributed by atoms with E-state index < -0.39 is 0 Å². The van der Waals surface area contributed by atoms with Gasteiger partial charge in [-0.05, 0) is 29.2 Å². The summed E-state index contributed by atoms with van der Waals surface area (Å²) >= 11 is 1.46. The van der Waals surface area contributed by atoms with Crippen molar-refractivity contribution in [3.63, 3.8) is 0 Å². The zero-order chi connectivity index (χ0) is 35.2. The van der Waals surface area contributed by atoms with Gasteiger partial charge in [-0.1, -0.05) is 110 Å². The fourth-order valence-corrected chi connectivity index (χ4v) is 7.84. The molecule has 0 amide bonds. The van der Waals surface area contributed by atoms with Gasteiger partial charge in [0.1, 0.15) is 0 Å². The van der Waals surface area contributed by atoms with Crippen molar-refractivity contribution in [1.82, 2.24) is 0 Å². The first-order chi connectivity index (χ1) is 25.0. The van der Waals surface area contributed by atoms with E-state index >= 15 is 0 Å². The molecule has 0 saturated carbocycles. The summed E-state index contributed by atoms with van der Waals surface area (Å²) in [5.41, 5.74) is 9.47. The Labute approximate surface area is 317 Å². The molecule has 0 saturated heterocycles. The Bertz CT molecular complexity index is 2460. The monoisotopic (exact) mass is 732 g/mol. The third-order valence-corrected chi connectivity index (χ3v) is 11.2. The summed E-state index contributed by atoms with van der Waals surface area (Å²) in [5.74, 6) is 0. The van der Waals surface area contributed by atoms with Crippen LogP contribution in [0.3, 0.4) is 0 Å². The minimum atomic E-state index is 1.11. The van der Waals surface area contributed by atoms with Crippen LogP contribution >= 0.6 is 0 Å². The van der Waals surface area contributed by atoms with Gasteiger partial charge in [0.15, 0.2) is 0 Å². The van der Waals surface area contributed by atoms with E-state index in [-0.39, 0.29) is 0 Å². The number of hydrogen-bond acceptors (Lipinski definition) is 0. The molecule has 0 aliphatic rings. The van der Waals surface area contributed by atoms with E-state index in [4.69, 9.17) is 0 Å². The number of aryl methyl sites for hydroxylation is 3.